The maximum atomic E-state index is 12.3. The number of anilines is 1. The van der Waals surface area contributed by atoms with Crippen LogP contribution in [0, 0.1) is 13.8 Å². The number of methoxy groups -OCH3 is 2. The molecule has 138 valence electrons. The fourth-order valence-corrected chi connectivity index (χ4v) is 4.01. The van der Waals surface area contributed by atoms with Crippen LogP contribution in [0.3, 0.4) is 0 Å². The highest BCUT2D eigenvalue weighted by atomic mass is 32.2. The molecule has 2 aromatic rings. The highest BCUT2D eigenvalue weighted by Crippen LogP contribution is 2.34. The summed E-state index contributed by atoms with van der Waals surface area (Å²) in [6.07, 6.45) is 0. The number of aryl methyl sites for hydroxylation is 1. The summed E-state index contributed by atoms with van der Waals surface area (Å²) in [6, 6.07) is 7.83. The second-order valence-electron chi connectivity index (χ2n) is 5.39. The van der Waals surface area contributed by atoms with Crippen molar-refractivity contribution in [2.75, 3.05) is 25.3 Å². The number of benzene rings is 1. The number of rotatable bonds is 6. The predicted molar refractivity (Wildman–Crippen MR) is 102 cm³/mol. The Morgan fingerprint density at radius 1 is 1.04 bits per heavy atom. The van der Waals surface area contributed by atoms with Gasteiger partial charge in [-0.3, -0.25) is 4.79 Å². The first-order valence-electron chi connectivity index (χ1n) is 7.66. The summed E-state index contributed by atoms with van der Waals surface area (Å²) in [5.74, 6) is -1.28. The molecule has 0 fully saturated rings. The number of hydrogen-bond donors (Lipinski definition) is 1. The minimum absolute atomic E-state index is 0.173. The van der Waals surface area contributed by atoms with Crippen molar-refractivity contribution in [1.82, 2.24) is 0 Å². The number of thioether (sulfide) groups is 1. The summed E-state index contributed by atoms with van der Waals surface area (Å²) in [5.41, 5.74) is 1.74. The van der Waals surface area contributed by atoms with Crippen LogP contribution in [0.1, 0.15) is 31.2 Å². The first-order valence-corrected chi connectivity index (χ1v) is 9.47. The van der Waals surface area contributed by atoms with Crippen molar-refractivity contribution in [1.29, 1.82) is 0 Å². The first-order chi connectivity index (χ1) is 12.4. The molecule has 0 unspecified atom stereocenters. The summed E-state index contributed by atoms with van der Waals surface area (Å²) < 4.78 is 9.49. The quantitative estimate of drug-likeness (QED) is 0.596. The molecule has 0 spiro atoms. The maximum absolute atomic E-state index is 12.3. The Morgan fingerprint density at radius 3 is 2.23 bits per heavy atom. The van der Waals surface area contributed by atoms with Gasteiger partial charge in [-0.15, -0.1) is 23.1 Å². The number of thiophene rings is 1. The topological polar surface area (TPSA) is 81.7 Å². The zero-order valence-corrected chi connectivity index (χ0v) is 16.5. The van der Waals surface area contributed by atoms with Crippen molar-refractivity contribution in [3.8, 4) is 0 Å². The van der Waals surface area contributed by atoms with Crippen LogP contribution in [0.4, 0.5) is 5.00 Å². The van der Waals surface area contributed by atoms with Crippen LogP contribution in [0.15, 0.2) is 29.2 Å². The second kappa shape index (κ2) is 8.86. The van der Waals surface area contributed by atoms with E-state index in [-0.39, 0.29) is 27.1 Å². The second-order valence-corrected chi connectivity index (χ2v) is 7.46. The number of hydrogen-bond acceptors (Lipinski definition) is 7. The highest BCUT2D eigenvalue weighted by Gasteiger charge is 2.26. The number of esters is 2. The van der Waals surface area contributed by atoms with Gasteiger partial charge in [0.1, 0.15) is 9.88 Å². The van der Waals surface area contributed by atoms with Crippen LogP contribution in [-0.4, -0.2) is 37.8 Å². The van der Waals surface area contributed by atoms with E-state index < -0.39 is 11.9 Å². The van der Waals surface area contributed by atoms with Gasteiger partial charge < -0.3 is 14.8 Å². The Hall–Kier alpha value is -2.32. The number of nitrogens with one attached hydrogen (secondary N) is 1. The van der Waals surface area contributed by atoms with Gasteiger partial charge in [-0.05, 0) is 31.5 Å². The third-order valence-electron chi connectivity index (χ3n) is 3.55. The van der Waals surface area contributed by atoms with Crippen molar-refractivity contribution in [3.63, 3.8) is 0 Å². The molecule has 0 aliphatic rings. The van der Waals surface area contributed by atoms with Crippen molar-refractivity contribution in [2.45, 2.75) is 18.7 Å². The first kappa shape index (κ1) is 20.0. The Bertz CT molecular complexity index is 827. The zero-order valence-electron chi connectivity index (χ0n) is 14.9. The Kier molecular flexibility index (Phi) is 6.82. The van der Waals surface area contributed by atoms with Crippen molar-refractivity contribution >= 4 is 45.9 Å². The number of amides is 1. The summed E-state index contributed by atoms with van der Waals surface area (Å²) in [4.78, 5) is 37.4. The lowest BCUT2D eigenvalue weighted by Gasteiger charge is -2.06. The molecule has 0 saturated heterocycles. The minimum atomic E-state index is -0.615. The average molecular weight is 393 g/mol. The maximum Gasteiger partial charge on any atom is 0.348 e. The molecule has 1 N–H and O–H groups in total. The van der Waals surface area contributed by atoms with E-state index in [2.05, 4.69) is 5.32 Å². The molecular formula is C18H19NO5S2. The number of ether oxygens (including phenoxy) is 2. The molecule has 0 aliphatic carbocycles. The molecule has 26 heavy (non-hydrogen) atoms. The van der Waals surface area contributed by atoms with Gasteiger partial charge in [0.2, 0.25) is 5.91 Å². The van der Waals surface area contributed by atoms with Crippen LogP contribution >= 0.6 is 23.1 Å². The van der Waals surface area contributed by atoms with E-state index in [1.165, 1.54) is 26.0 Å². The fraction of sp³-hybridized carbons (Fsp3) is 0.278. The van der Waals surface area contributed by atoms with Gasteiger partial charge in [0.05, 0.1) is 25.5 Å². The number of carbonyl (C=O) groups is 3. The van der Waals surface area contributed by atoms with Gasteiger partial charge in [-0.25, -0.2) is 9.59 Å². The van der Waals surface area contributed by atoms with Crippen LogP contribution < -0.4 is 5.32 Å². The summed E-state index contributed by atoms with van der Waals surface area (Å²) in [5, 5.41) is 2.98. The lowest BCUT2D eigenvalue weighted by molar-refractivity contribution is -0.113. The molecule has 1 aromatic carbocycles. The molecule has 0 saturated carbocycles. The Morgan fingerprint density at radius 2 is 1.65 bits per heavy atom. The molecule has 0 atom stereocenters. The average Bonchev–Trinajstić information content (AvgIpc) is 2.96. The summed E-state index contributed by atoms with van der Waals surface area (Å²) in [7, 11) is 2.51. The van der Waals surface area contributed by atoms with Gasteiger partial charge >= 0.3 is 11.9 Å². The van der Waals surface area contributed by atoms with Crippen molar-refractivity contribution < 1.29 is 23.9 Å². The van der Waals surface area contributed by atoms with E-state index in [1.807, 2.05) is 31.2 Å². The SMILES string of the molecule is COC(=O)c1sc(NC(=O)CSc2ccc(C)cc2)c(C(=O)OC)c1C. The van der Waals surface area contributed by atoms with E-state index in [9.17, 15) is 14.4 Å². The van der Waals surface area contributed by atoms with Gasteiger partial charge in [-0.1, -0.05) is 17.7 Å². The largest absolute Gasteiger partial charge is 0.465 e. The lowest BCUT2D eigenvalue weighted by atomic mass is 10.1. The standard InChI is InChI=1S/C18H19NO5S2/c1-10-5-7-12(8-6-10)25-9-13(20)19-16-14(17(21)23-3)11(2)15(26-16)18(22)24-4/h5-8H,9H2,1-4H3,(H,19,20). The molecule has 1 amide bonds. The molecule has 1 aromatic heterocycles. The highest BCUT2D eigenvalue weighted by molar-refractivity contribution is 8.00. The molecule has 0 bridgehead atoms. The molecular weight excluding hydrogens is 374 g/mol. The Labute approximate surface area is 159 Å². The van der Waals surface area contributed by atoms with Crippen LogP contribution in [0.2, 0.25) is 0 Å². The normalized spacial score (nSPS) is 10.3. The molecule has 0 radical (unpaired) electrons. The van der Waals surface area contributed by atoms with Gasteiger partial charge in [0, 0.05) is 4.90 Å². The minimum Gasteiger partial charge on any atom is -0.465 e. The smallest absolute Gasteiger partial charge is 0.348 e. The Balaban J connectivity index is 2.16. The van der Waals surface area contributed by atoms with E-state index in [4.69, 9.17) is 9.47 Å². The lowest BCUT2D eigenvalue weighted by Crippen LogP contribution is -2.16. The van der Waals surface area contributed by atoms with Crippen LogP contribution in [0.5, 0.6) is 0 Å². The molecule has 2 rings (SSSR count). The molecule has 6 nitrogen and oxygen atoms in total. The third kappa shape index (κ3) is 4.64. The number of carbonyl (C=O) groups excluding carboxylic acids is 3. The van der Waals surface area contributed by atoms with Crippen LogP contribution in [0.25, 0.3) is 0 Å². The van der Waals surface area contributed by atoms with E-state index in [0.29, 0.717) is 5.56 Å². The van der Waals surface area contributed by atoms with Crippen molar-refractivity contribution in [2.24, 2.45) is 0 Å². The zero-order chi connectivity index (χ0) is 19.3. The molecule has 0 aliphatic heterocycles. The molecule has 8 heteroatoms. The summed E-state index contributed by atoms with van der Waals surface area (Å²) in [6.45, 7) is 3.61. The van der Waals surface area contributed by atoms with Crippen LogP contribution in [-0.2, 0) is 14.3 Å². The van der Waals surface area contributed by atoms with Gasteiger partial charge in [0.25, 0.3) is 0 Å². The monoisotopic (exact) mass is 393 g/mol. The fourth-order valence-electron chi connectivity index (χ4n) is 2.18. The summed E-state index contributed by atoms with van der Waals surface area (Å²) >= 11 is 2.38. The predicted octanol–water partition coefficient (Wildman–Crippen LogP) is 3.67. The molecule has 1 heterocycles. The van der Waals surface area contributed by atoms with E-state index in [0.717, 1.165) is 21.8 Å². The van der Waals surface area contributed by atoms with Gasteiger partial charge in [-0.2, -0.15) is 0 Å². The van der Waals surface area contributed by atoms with Gasteiger partial charge in [0.15, 0.2) is 0 Å². The van der Waals surface area contributed by atoms with E-state index in [1.54, 1.807) is 6.92 Å². The van der Waals surface area contributed by atoms with E-state index >= 15 is 0 Å². The third-order valence-corrected chi connectivity index (χ3v) is 5.75. The van der Waals surface area contributed by atoms with Crippen molar-refractivity contribution in [3.05, 3.63) is 45.8 Å².